The average Bonchev–Trinajstić information content (AvgIpc) is 2.45. The Morgan fingerprint density at radius 3 is 2.43 bits per heavy atom. The number of carboxylic acids is 1. The maximum atomic E-state index is 12.0. The van der Waals surface area contributed by atoms with Gasteiger partial charge in [0.25, 0.3) is 0 Å². The van der Waals surface area contributed by atoms with E-state index >= 15 is 0 Å². The van der Waals surface area contributed by atoms with E-state index in [1.807, 2.05) is 0 Å². The molecule has 0 radical (unpaired) electrons. The topological polar surface area (TPSA) is 84.9 Å². The van der Waals surface area contributed by atoms with E-state index in [2.05, 4.69) is 5.32 Å². The molecule has 0 heterocycles. The van der Waals surface area contributed by atoms with E-state index in [4.69, 9.17) is 14.6 Å². The van der Waals surface area contributed by atoms with Crippen molar-refractivity contribution in [3.63, 3.8) is 0 Å². The van der Waals surface area contributed by atoms with E-state index < -0.39 is 17.9 Å². The van der Waals surface area contributed by atoms with E-state index in [1.165, 1.54) is 7.11 Å². The molecule has 1 rings (SSSR count). The highest BCUT2D eigenvalue weighted by molar-refractivity contribution is 5.80. The Balaban J connectivity index is 2.76. The molecule has 2 atom stereocenters. The predicted octanol–water partition coefficient (Wildman–Crippen LogP) is 1.47. The van der Waals surface area contributed by atoms with E-state index in [1.54, 1.807) is 39.2 Å². The normalized spacial score (nSPS) is 13.1. The Hall–Kier alpha value is -2.24. The molecule has 0 aliphatic carbocycles. The van der Waals surface area contributed by atoms with E-state index in [-0.39, 0.29) is 12.3 Å². The molecule has 0 fully saturated rings. The maximum Gasteiger partial charge on any atom is 0.308 e. The lowest BCUT2D eigenvalue weighted by Crippen LogP contribution is -2.40. The second-order valence-corrected chi connectivity index (χ2v) is 4.84. The number of methoxy groups -OCH3 is 2. The summed E-state index contributed by atoms with van der Waals surface area (Å²) in [4.78, 5) is 22.9. The lowest BCUT2D eigenvalue weighted by atomic mass is 10.0. The number of aliphatic carboxylic acids is 1. The highest BCUT2D eigenvalue weighted by Gasteiger charge is 2.21. The summed E-state index contributed by atoms with van der Waals surface area (Å²) in [6, 6.07) is 4.75. The Morgan fingerprint density at radius 1 is 1.24 bits per heavy atom. The fourth-order valence-electron chi connectivity index (χ4n) is 1.84. The zero-order valence-electron chi connectivity index (χ0n) is 12.7. The summed E-state index contributed by atoms with van der Waals surface area (Å²) in [5, 5.41) is 11.6. The quantitative estimate of drug-likeness (QED) is 0.795. The van der Waals surface area contributed by atoms with Crippen LogP contribution in [0.5, 0.6) is 11.5 Å². The molecule has 1 aromatic rings. The molecule has 2 N–H and O–H groups in total. The molecule has 0 bridgehead atoms. The minimum atomic E-state index is -0.943. The van der Waals surface area contributed by atoms with Gasteiger partial charge >= 0.3 is 5.97 Å². The summed E-state index contributed by atoms with van der Waals surface area (Å²) in [7, 11) is 3.07. The third-order valence-corrected chi connectivity index (χ3v) is 3.37. The van der Waals surface area contributed by atoms with Gasteiger partial charge in [0, 0.05) is 11.6 Å². The van der Waals surface area contributed by atoms with Gasteiger partial charge in [-0.3, -0.25) is 9.59 Å². The first-order valence-corrected chi connectivity index (χ1v) is 6.62. The van der Waals surface area contributed by atoms with Crippen LogP contribution in [0.25, 0.3) is 0 Å². The molecular weight excluding hydrogens is 274 g/mol. The molecule has 0 aliphatic heterocycles. The molecule has 6 heteroatoms. The van der Waals surface area contributed by atoms with Crippen LogP contribution in [0.4, 0.5) is 0 Å². The van der Waals surface area contributed by atoms with Crippen molar-refractivity contribution in [2.75, 3.05) is 14.2 Å². The number of carbonyl (C=O) groups is 2. The largest absolute Gasteiger partial charge is 0.497 e. The monoisotopic (exact) mass is 295 g/mol. The first-order chi connectivity index (χ1) is 9.88. The number of carbonyl (C=O) groups excluding carboxylic acids is 1. The third-order valence-electron chi connectivity index (χ3n) is 3.37. The van der Waals surface area contributed by atoms with Gasteiger partial charge in [-0.25, -0.2) is 0 Å². The second kappa shape index (κ2) is 7.52. The van der Waals surface area contributed by atoms with Crippen molar-refractivity contribution >= 4 is 11.9 Å². The van der Waals surface area contributed by atoms with Crippen molar-refractivity contribution in [1.82, 2.24) is 5.32 Å². The van der Waals surface area contributed by atoms with Crippen LogP contribution >= 0.6 is 0 Å². The summed E-state index contributed by atoms with van der Waals surface area (Å²) >= 11 is 0. The van der Waals surface area contributed by atoms with Crippen LogP contribution in [0.1, 0.15) is 19.4 Å². The van der Waals surface area contributed by atoms with Gasteiger partial charge < -0.3 is 19.9 Å². The minimum absolute atomic E-state index is 0.0943. The summed E-state index contributed by atoms with van der Waals surface area (Å²) in [5.74, 6) is -0.638. The lowest BCUT2D eigenvalue weighted by molar-refractivity contribution is -0.142. The number of benzene rings is 1. The molecular formula is C15H21NO5. The molecule has 0 saturated carbocycles. The molecule has 21 heavy (non-hydrogen) atoms. The van der Waals surface area contributed by atoms with Gasteiger partial charge in [-0.1, -0.05) is 0 Å². The number of carboxylic acid groups (broad SMARTS) is 1. The standard InChI is InChI=1S/C15H21NO5/c1-9(15(18)19)10(2)16-14(17)8-11-7-12(20-3)5-6-13(11)21-4/h5-7,9-10H,8H2,1-4H3,(H,16,17)(H,18,19). The van der Waals surface area contributed by atoms with Gasteiger partial charge in [0.1, 0.15) is 11.5 Å². The first kappa shape index (κ1) is 16.8. The first-order valence-electron chi connectivity index (χ1n) is 6.62. The van der Waals surface area contributed by atoms with Crippen molar-refractivity contribution in [3.8, 4) is 11.5 Å². The molecule has 0 aromatic heterocycles. The second-order valence-electron chi connectivity index (χ2n) is 4.84. The molecule has 116 valence electrons. The Morgan fingerprint density at radius 2 is 1.90 bits per heavy atom. The van der Waals surface area contributed by atoms with Crippen LogP contribution in [-0.2, 0) is 16.0 Å². The van der Waals surface area contributed by atoms with Gasteiger partial charge in [-0.05, 0) is 32.0 Å². The zero-order valence-corrected chi connectivity index (χ0v) is 12.7. The molecule has 0 aliphatic rings. The lowest BCUT2D eigenvalue weighted by Gasteiger charge is -2.18. The number of ether oxygens (including phenoxy) is 2. The van der Waals surface area contributed by atoms with E-state index in [0.29, 0.717) is 17.1 Å². The highest BCUT2D eigenvalue weighted by atomic mass is 16.5. The van der Waals surface area contributed by atoms with Crippen molar-refractivity contribution < 1.29 is 24.2 Å². The van der Waals surface area contributed by atoms with Crippen LogP contribution in [-0.4, -0.2) is 37.2 Å². The third kappa shape index (κ3) is 4.66. The molecule has 0 saturated heterocycles. The van der Waals surface area contributed by atoms with E-state index in [0.717, 1.165) is 0 Å². The Kier molecular flexibility index (Phi) is 6.02. The number of rotatable bonds is 7. The highest BCUT2D eigenvalue weighted by Crippen LogP contribution is 2.24. The Labute approximate surface area is 124 Å². The van der Waals surface area contributed by atoms with Crippen molar-refractivity contribution in [2.24, 2.45) is 5.92 Å². The van der Waals surface area contributed by atoms with Crippen LogP contribution in [0, 0.1) is 5.92 Å². The molecule has 2 unspecified atom stereocenters. The van der Waals surface area contributed by atoms with Gasteiger partial charge in [0.05, 0.1) is 26.6 Å². The summed E-state index contributed by atoms with van der Waals surface area (Å²) in [6.07, 6.45) is 0.0943. The molecule has 6 nitrogen and oxygen atoms in total. The van der Waals surface area contributed by atoms with Crippen LogP contribution in [0.3, 0.4) is 0 Å². The summed E-state index contributed by atoms with van der Waals surface area (Å²) in [6.45, 7) is 3.22. The fourth-order valence-corrected chi connectivity index (χ4v) is 1.84. The molecule has 1 aromatic carbocycles. The van der Waals surface area contributed by atoms with Crippen molar-refractivity contribution in [3.05, 3.63) is 23.8 Å². The number of nitrogens with one attached hydrogen (secondary N) is 1. The van der Waals surface area contributed by atoms with Gasteiger partial charge in [-0.2, -0.15) is 0 Å². The SMILES string of the molecule is COc1ccc(OC)c(CC(=O)NC(C)C(C)C(=O)O)c1. The fraction of sp³-hybridized carbons (Fsp3) is 0.467. The van der Waals surface area contributed by atoms with Crippen molar-refractivity contribution in [1.29, 1.82) is 0 Å². The molecule has 1 amide bonds. The number of hydrogen-bond acceptors (Lipinski definition) is 4. The summed E-state index contributed by atoms with van der Waals surface area (Å²) in [5.41, 5.74) is 0.685. The zero-order chi connectivity index (χ0) is 16.0. The van der Waals surface area contributed by atoms with Gasteiger partial charge in [0.15, 0.2) is 0 Å². The van der Waals surface area contributed by atoms with E-state index in [9.17, 15) is 9.59 Å². The molecule has 0 spiro atoms. The van der Waals surface area contributed by atoms with Crippen LogP contribution < -0.4 is 14.8 Å². The summed E-state index contributed by atoms with van der Waals surface area (Å²) < 4.78 is 10.3. The predicted molar refractivity (Wildman–Crippen MR) is 77.7 cm³/mol. The Bertz CT molecular complexity index is 515. The van der Waals surface area contributed by atoms with Gasteiger partial charge in [0.2, 0.25) is 5.91 Å². The smallest absolute Gasteiger partial charge is 0.308 e. The average molecular weight is 295 g/mol. The van der Waals surface area contributed by atoms with Crippen LogP contribution in [0.2, 0.25) is 0 Å². The number of amides is 1. The van der Waals surface area contributed by atoms with Crippen molar-refractivity contribution in [2.45, 2.75) is 26.3 Å². The maximum absolute atomic E-state index is 12.0. The minimum Gasteiger partial charge on any atom is -0.497 e. The van der Waals surface area contributed by atoms with Gasteiger partial charge in [-0.15, -0.1) is 0 Å². The van der Waals surface area contributed by atoms with Crippen LogP contribution in [0.15, 0.2) is 18.2 Å². The number of hydrogen-bond donors (Lipinski definition) is 2.